The van der Waals surface area contributed by atoms with Crippen LogP contribution in [0.2, 0.25) is 0 Å². The third-order valence-corrected chi connectivity index (χ3v) is 12.6. The highest BCUT2D eigenvalue weighted by Gasteiger charge is 2.42. The van der Waals surface area contributed by atoms with Crippen molar-refractivity contribution in [2.24, 2.45) is 0 Å². The lowest BCUT2D eigenvalue weighted by molar-refractivity contribution is -0.120. The van der Waals surface area contributed by atoms with E-state index in [1.165, 1.54) is 44.5 Å². The van der Waals surface area contributed by atoms with Crippen LogP contribution in [0.25, 0.3) is 0 Å². The maximum Gasteiger partial charge on any atom is 0.158 e. The number of hydrogen-bond acceptors (Lipinski definition) is 6. The van der Waals surface area contributed by atoms with Crippen LogP contribution in [0, 0.1) is 0 Å². The number of phenolic OH excluding ortho intramolecular Hbond substituents is 1. The molecular formula is C45H52O6. The third kappa shape index (κ3) is 6.70. The second kappa shape index (κ2) is 14.3. The van der Waals surface area contributed by atoms with Gasteiger partial charge in [-0.25, -0.2) is 0 Å². The zero-order chi connectivity index (χ0) is 36.7. The summed E-state index contributed by atoms with van der Waals surface area (Å²) in [6.07, 6.45) is 8.59. The van der Waals surface area contributed by atoms with Gasteiger partial charge in [0.05, 0.1) is 14.2 Å². The molecule has 0 spiro atoms. The van der Waals surface area contributed by atoms with Crippen LogP contribution >= 0.6 is 0 Å². The largest absolute Gasteiger partial charge is 0.508 e. The Morgan fingerprint density at radius 2 is 1.08 bits per heavy atom. The molecule has 0 saturated heterocycles. The second-order valence-corrected chi connectivity index (χ2v) is 15.3. The SMILES string of the molecule is CC1=C2CCc3cc(O)ccc3C2(C)CCC1=O.COc1ccc2c(c1)CCC(=O)C2C.COc1ccc2c(c1)CCC1=C(C)C(=O)CCC12C. The summed E-state index contributed by atoms with van der Waals surface area (Å²) in [5, 5.41) is 9.60. The van der Waals surface area contributed by atoms with Gasteiger partial charge in [-0.1, -0.05) is 50.1 Å². The maximum absolute atomic E-state index is 11.9. The minimum atomic E-state index is -0.000718. The number of allylic oxidation sites excluding steroid dienone is 4. The average Bonchev–Trinajstić information content (AvgIpc) is 3.13. The first-order valence-corrected chi connectivity index (χ1v) is 18.5. The Bertz CT molecular complexity index is 1960. The van der Waals surface area contributed by atoms with E-state index in [0.29, 0.717) is 42.4 Å². The van der Waals surface area contributed by atoms with Crippen molar-refractivity contribution in [1.82, 2.24) is 0 Å². The number of aryl methyl sites for hydroxylation is 3. The summed E-state index contributed by atoms with van der Waals surface area (Å²) in [7, 11) is 3.38. The number of hydrogen-bond donors (Lipinski definition) is 1. The Hall–Kier alpha value is -4.45. The molecule has 3 aromatic carbocycles. The predicted octanol–water partition coefficient (Wildman–Crippen LogP) is 9.17. The van der Waals surface area contributed by atoms with Gasteiger partial charge in [0, 0.05) is 36.0 Å². The van der Waals surface area contributed by atoms with Crippen molar-refractivity contribution >= 4 is 17.3 Å². The molecule has 51 heavy (non-hydrogen) atoms. The van der Waals surface area contributed by atoms with Gasteiger partial charge in [0.2, 0.25) is 0 Å². The number of ketones is 3. The van der Waals surface area contributed by atoms with Crippen molar-refractivity contribution in [2.75, 3.05) is 14.2 Å². The number of fused-ring (bicyclic) bond motifs is 7. The molecule has 0 aromatic heterocycles. The van der Waals surface area contributed by atoms with Gasteiger partial charge in [-0.15, -0.1) is 0 Å². The molecule has 3 unspecified atom stereocenters. The van der Waals surface area contributed by atoms with Gasteiger partial charge in [-0.3, -0.25) is 14.4 Å². The quantitative estimate of drug-likeness (QED) is 0.289. The molecule has 0 bridgehead atoms. The Morgan fingerprint density at radius 1 is 0.608 bits per heavy atom. The first-order valence-electron chi connectivity index (χ1n) is 18.5. The lowest BCUT2D eigenvalue weighted by atomic mass is 9.61. The normalized spacial score (nSPS) is 24.8. The lowest BCUT2D eigenvalue weighted by Crippen LogP contribution is -2.36. The van der Waals surface area contributed by atoms with Crippen molar-refractivity contribution in [3.05, 3.63) is 110 Å². The molecule has 8 rings (SSSR count). The van der Waals surface area contributed by atoms with Gasteiger partial charge < -0.3 is 14.6 Å². The number of Topliss-reactive ketones (excluding diaryl/α,β-unsaturated/α-hetero) is 3. The molecule has 0 saturated carbocycles. The molecule has 3 aromatic rings. The van der Waals surface area contributed by atoms with E-state index in [4.69, 9.17) is 9.47 Å². The summed E-state index contributed by atoms with van der Waals surface area (Å²) in [4.78, 5) is 35.3. The van der Waals surface area contributed by atoms with E-state index < -0.39 is 0 Å². The number of carbonyl (C=O) groups is 3. The fourth-order valence-corrected chi connectivity index (χ4v) is 9.37. The summed E-state index contributed by atoms with van der Waals surface area (Å²) in [5.74, 6) is 3.21. The van der Waals surface area contributed by atoms with Crippen molar-refractivity contribution in [1.29, 1.82) is 0 Å². The number of rotatable bonds is 2. The van der Waals surface area contributed by atoms with Crippen molar-refractivity contribution in [2.45, 2.75) is 116 Å². The highest BCUT2D eigenvalue weighted by atomic mass is 16.5. The van der Waals surface area contributed by atoms with E-state index in [1.54, 1.807) is 20.3 Å². The molecule has 3 atom stereocenters. The number of ether oxygens (including phenoxy) is 2. The molecule has 1 N–H and O–H groups in total. The number of carbonyl (C=O) groups excluding carboxylic acids is 3. The van der Waals surface area contributed by atoms with Crippen LogP contribution in [-0.2, 0) is 44.5 Å². The molecule has 0 fully saturated rings. The minimum Gasteiger partial charge on any atom is -0.508 e. The van der Waals surface area contributed by atoms with Gasteiger partial charge >= 0.3 is 0 Å². The van der Waals surface area contributed by atoms with Crippen LogP contribution in [0.3, 0.4) is 0 Å². The molecule has 6 heteroatoms. The zero-order valence-corrected chi connectivity index (χ0v) is 31.3. The van der Waals surface area contributed by atoms with Crippen LogP contribution < -0.4 is 9.47 Å². The van der Waals surface area contributed by atoms with Crippen LogP contribution in [0.15, 0.2) is 76.9 Å². The monoisotopic (exact) mass is 688 g/mol. The Balaban J connectivity index is 0.000000133. The fourth-order valence-electron chi connectivity index (χ4n) is 9.37. The Morgan fingerprint density at radius 3 is 1.63 bits per heavy atom. The van der Waals surface area contributed by atoms with E-state index in [-0.39, 0.29) is 16.7 Å². The van der Waals surface area contributed by atoms with Crippen molar-refractivity contribution < 1.29 is 29.0 Å². The van der Waals surface area contributed by atoms with Crippen LogP contribution in [-0.4, -0.2) is 36.7 Å². The fraction of sp³-hybridized carbons (Fsp3) is 0.444. The first kappa shape index (κ1) is 36.3. The van der Waals surface area contributed by atoms with Gasteiger partial charge in [0.1, 0.15) is 23.0 Å². The summed E-state index contributed by atoms with van der Waals surface area (Å²) in [6, 6.07) is 18.0. The number of aromatic hydroxyl groups is 1. The predicted molar refractivity (Wildman–Crippen MR) is 201 cm³/mol. The Kier molecular flexibility index (Phi) is 10.2. The number of methoxy groups -OCH3 is 2. The molecule has 0 aliphatic heterocycles. The topological polar surface area (TPSA) is 89.9 Å². The molecule has 6 nitrogen and oxygen atoms in total. The highest BCUT2D eigenvalue weighted by Crippen LogP contribution is 2.50. The standard InChI is InChI=1S/C17H20O2.C16H18O2.C12H14O2/c1-11-14-6-4-12-10-13(19-3)5-7-15(12)17(14,2)9-8-16(11)18;1-10-13-5-3-11-9-12(17)4-6-14(11)16(13,2)8-7-15(10)18;1-8-11-5-4-10(14-2)7-9(11)3-6-12(8)13/h5,7,10H,4,6,8-9H2,1-3H3;4,6,9,17H,3,5,7-8H2,1-2H3;4-5,7-8H,3,6H2,1-2H3. The van der Waals surface area contributed by atoms with Crippen molar-refractivity contribution in [3.63, 3.8) is 0 Å². The summed E-state index contributed by atoms with van der Waals surface area (Å²) < 4.78 is 10.5. The molecule has 5 aliphatic rings. The van der Waals surface area contributed by atoms with E-state index in [0.717, 1.165) is 67.6 Å². The summed E-state index contributed by atoms with van der Waals surface area (Å²) >= 11 is 0. The van der Waals surface area contributed by atoms with E-state index in [1.807, 2.05) is 57.2 Å². The highest BCUT2D eigenvalue weighted by molar-refractivity contribution is 5.98. The van der Waals surface area contributed by atoms with E-state index >= 15 is 0 Å². The smallest absolute Gasteiger partial charge is 0.158 e. The minimum absolute atomic E-state index is 0.000718. The third-order valence-electron chi connectivity index (χ3n) is 12.6. The van der Waals surface area contributed by atoms with Crippen molar-refractivity contribution in [3.8, 4) is 17.2 Å². The average molecular weight is 689 g/mol. The summed E-state index contributed by atoms with van der Waals surface area (Å²) in [5.41, 5.74) is 12.5. The molecule has 0 amide bonds. The van der Waals surface area contributed by atoms with Gasteiger partial charge in [0.15, 0.2) is 11.6 Å². The van der Waals surface area contributed by atoms with Crippen LogP contribution in [0.4, 0.5) is 0 Å². The van der Waals surface area contributed by atoms with Crippen LogP contribution in [0.1, 0.15) is 119 Å². The molecule has 0 radical (unpaired) electrons. The lowest BCUT2D eigenvalue weighted by Gasteiger charge is -2.42. The van der Waals surface area contributed by atoms with Gasteiger partial charge in [-0.05, 0) is 140 Å². The molecule has 268 valence electrons. The molecular weight excluding hydrogens is 636 g/mol. The Labute approximate surface area is 303 Å². The van der Waals surface area contributed by atoms with E-state index in [2.05, 4.69) is 26.0 Å². The zero-order valence-electron chi connectivity index (χ0n) is 31.3. The van der Waals surface area contributed by atoms with Gasteiger partial charge in [0.25, 0.3) is 0 Å². The van der Waals surface area contributed by atoms with Gasteiger partial charge in [-0.2, -0.15) is 0 Å². The maximum atomic E-state index is 11.9. The second-order valence-electron chi connectivity index (χ2n) is 15.3. The molecule has 0 heterocycles. The van der Waals surface area contributed by atoms with E-state index in [9.17, 15) is 19.5 Å². The number of phenols is 1. The molecule has 5 aliphatic carbocycles. The summed E-state index contributed by atoms with van der Waals surface area (Å²) in [6.45, 7) is 10.5. The number of benzene rings is 3. The van der Waals surface area contributed by atoms with Crippen LogP contribution in [0.5, 0.6) is 17.2 Å². The first-order chi connectivity index (χ1) is 24.3.